The first-order valence-electron chi connectivity index (χ1n) is 6.61. The Hall–Kier alpha value is -2.20. The molecule has 0 saturated heterocycles. The Morgan fingerprint density at radius 3 is 2.90 bits per heavy atom. The van der Waals surface area contributed by atoms with E-state index < -0.39 is 0 Å². The SMILES string of the molecule is CCNC(c1ccccn1)c1cc2cc(F)ccc2o1. The van der Waals surface area contributed by atoms with Crippen LogP contribution in [0.2, 0.25) is 0 Å². The summed E-state index contributed by atoms with van der Waals surface area (Å²) in [6.07, 6.45) is 1.75. The first kappa shape index (κ1) is 12.8. The largest absolute Gasteiger partial charge is 0.459 e. The van der Waals surface area contributed by atoms with Crippen molar-refractivity contribution < 1.29 is 8.81 Å². The third-order valence-corrected chi connectivity index (χ3v) is 3.17. The lowest BCUT2D eigenvalue weighted by Crippen LogP contribution is -2.22. The summed E-state index contributed by atoms with van der Waals surface area (Å²) in [5.74, 6) is 0.480. The molecule has 1 N–H and O–H groups in total. The van der Waals surface area contributed by atoms with Crippen LogP contribution >= 0.6 is 0 Å². The fourth-order valence-electron chi connectivity index (χ4n) is 2.28. The summed E-state index contributed by atoms with van der Waals surface area (Å²) in [4.78, 5) is 4.37. The van der Waals surface area contributed by atoms with Gasteiger partial charge in [0.15, 0.2) is 0 Å². The van der Waals surface area contributed by atoms with Gasteiger partial charge in [-0.3, -0.25) is 4.98 Å². The number of nitrogens with one attached hydrogen (secondary N) is 1. The minimum atomic E-state index is -0.261. The highest BCUT2D eigenvalue weighted by Gasteiger charge is 2.18. The van der Waals surface area contributed by atoms with E-state index in [1.807, 2.05) is 31.2 Å². The fourth-order valence-corrected chi connectivity index (χ4v) is 2.28. The number of fused-ring (bicyclic) bond motifs is 1. The van der Waals surface area contributed by atoms with Crippen LogP contribution in [0.25, 0.3) is 11.0 Å². The van der Waals surface area contributed by atoms with Crippen molar-refractivity contribution in [2.45, 2.75) is 13.0 Å². The Bertz CT molecular complexity index is 709. The standard InChI is InChI=1S/C16H15FN2O/c1-2-18-16(13-5-3-4-8-19-13)15-10-11-9-12(17)6-7-14(11)20-15/h3-10,16,18H,2H2,1H3. The van der Waals surface area contributed by atoms with Crippen molar-refractivity contribution in [2.24, 2.45) is 0 Å². The molecule has 0 amide bonds. The molecule has 1 atom stereocenters. The molecule has 2 aromatic heterocycles. The maximum absolute atomic E-state index is 13.2. The predicted molar refractivity (Wildman–Crippen MR) is 75.9 cm³/mol. The second-order valence-corrected chi connectivity index (χ2v) is 4.58. The molecule has 4 heteroatoms. The van der Waals surface area contributed by atoms with Crippen molar-refractivity contribution in [2.75, 3.05) is 6.54 Å². The van der Waals surface area contributed by atoms with E-state index in [1.165, 1.54) is 12.1 Å². The molecule has 0 bridgehead atoms. The van der Waals surface area contributed by atoms with Crippen LogP contribution in [0.3, 0.4) is 0 Å². The molecule has 102 valence electrons. The highest BCUT2D eigenvalue weighted by Crippen LogP contribution is 2.27. The normalized spacial score (nSPS) is 12.7. The predicted octanol–water partition coefficient (Wildman–Crippen LogP) is 3.67. The van der Waals surface area contributed by atoms with E-state index >= 15 is 0 Å². The minimum Gasteiger partial charge on any atom is -0.459 e. The molecule has 0 aliphatic heterocycles. The molecule has 0 radical (unpaired) electrons. The van der Waals surface area contributed by atoms with Gasteiger partial charge in [0.1, 0.15) is 23.2 Å². The average Bonchev–Trinajstić information content (AvgIpc) is 2.88. The third-order valence-electron chi connectivity index (χ3n) is 3.17. The quantitative estimate of drug-likeness (QED) is 0.786. The molecule has 3 rings (SSSR count). The summed E-state index contributed by atoms with van der Waals surface area (Å²) in [7, 11) is 0. The molecule has 0 aliphatic carbocycles. The lowest BCUT2D eigenvalue weighted by atomic mass is 10.1. The number of pyridine rings is 1. The highest BCUT2D eigenvalue weighted by molar-refractivity contribution is 5.78. The number of rotatable bonds is 4. The zero-order chi connectivity index (χ0) is 13.9. The summed E-state index contributed by atoms with van der Waals surface area (Å²) in [6.45, 7) is 2.81. The number of aromatic nitrogens is 1. The lowest BCUT2D eigenvalue weighted by Gasteiger charge is -2.14. The third kappa shape index (κ3) is 2.42. The van der Waals surface area contributed by atoms with E-state index in [0.717, 1.165) is 23.4 Å². The molecule has 3 nitrogen and oxygen atoms in total. The highest BCUT2D eigenvalue weighted by atomic mass is 19.1. The van der Waals surface area contributed by atoms with Crippen molar-refractivity contribution >= 4 is 11.0 Å². The van der Waals surface area contributed by atoms with E-state index in [1.54, 1.807) is 12.3 Å². The van der Waals surface area contributed by atoms with Gasteiger partial charge in [0.05, 0.1) is 5.69 Å². The number of benzene rings is 1. The molecule has 0 fully saturated rings. The van der Waals surface area contributed by atoms with Crippen molar-refractivity contribution in [1.29, 1.82) is 0 Å². The van der Waals surface area contributed by atoms with Gasteiger partial charge in [-0.25, -0.2) is 4.39 Å². The van der Waals surface area contributed by atoms with Gasteiger partial charge >= 0.3 is 0 Å². The molecule has 0 aliphatic rings. The lowest BCUT2D eigenvalue weighted by molar-refractivity contribution is 0.471. The topological polar surface area (TPSA) is 38.1 Å². The number of hydrogen-bond donors (Lipinski definition) is 1. The van der Waals surface area contributed by atoms with Gasteiger partial charge < -0.3 is 9.73 Å². The Morgan fingerprint density at radius 2 is 2.15 bits per heavy atom. The van der Waals surface area contributed by atoms with Crippen LogP contribution in [0.1, 0.15) is 24.4 Å². The molecule has 3 aromatic rings. The van der Waals surface area contributed by atoms with Crippen molar-refractivity contribution in [3.8, 4) is 0 Å². The van der Waals surface area contributed by atoms with Crippen LogP contribution in [0.5, 0.6) is 0 Å². The monoisotopic (exact) mass is 270 g/mol. The van der Waals surface area contributed by atoms with E-state index in [0.29, 0.717) is 5.58 Å². The Morgan fingerprint density at radius 1 is 1.25 bits per heavy atom. The summed E-state index contributed by atoms with van der Waals surface area (Å²) in [5, 5.41) is 4.10. The van der Waals surface area contributed by atoms with Gasteiger partial charge in [-0.15, -0.1) is 0 Å². The molecule has 1 aromatic carbocycles. The van der Waals surface area contributed by atoms with Crippen LogP contribution in [-0.4, -0.2) is 11.5 Å². The maximum atomic E-state index is 13.2. The fraction of sp³-hybridized carbons (Fsp3) is 0.188. The second-order valence-electron chi connectivity index (χ2n) is 4.58. The van der Waals surface area contributed by atoms with Gasteiger partial charge in [0, 0.05) is 11.6 Å². The summed E-state index contributed by atoms with van der Waals surface area (Å²) < 4.78 is 19.1. The summed E-state index contributed by atoms with van der Waals surface area (Å²) in [5.41, 5.74) is 1.56. The van der Waals surface area contributed by atoms with Gasteiger partial charge in [0.25, 0.3) is 0 Å². The number of halogens is 1. The molecule has 0 spiro atoms. The second kappa shape index (κ2) is 5.43. The van der Waals surface area contributed by atoms with E-state index in [-0.39, 0.29) is 11.9 Å². The summed E-state index contributed by atoms with van der Waals surface area (Å²) >= 11 is 0. The van der Waals surface area contributed by atoms with Crippen LogP contribution in [0.15, 0.2) is 53.1 Å². The van der Waals surface area contributed by atoms with Crippen LogP contribution in [0, 0.1) is 5.82 Å². The number of furan rings is 1. The van der Waals surface area contributed by atoms with Gasteiger partial charge in [-0.2, -0.15) is 0 Å². The van der Waals surface area contributed by atoms with Crippen LogP contribution < -0.4 is 5.32 Å². The van der Waals surface area contributed by atoms with Gasteiger partial charge in [0.2, 0.25) is 0 Å². The Kier molecular flexibility index (Phi) is 3.48. The van der Waals surface area contributed by atoms with Crippen molar-refractivity contribution in [3.05, 3.63) is 65.9 Å². The average molecular weight is 270 g/mol. The maximum Gasteiger partial charge on any atom is 0.134 e. The van der Waals surface area contributed by atoms with Crippen LogP contribution in [0.4, 0.5) is 4.39 Å². The first-order valence-corrected chi connectivity index (χ1v) is 6.61. The minimum absolute atomic E-state index is 0.128. The molecule has 20 heavy (non-hydrogen) atoms. The Labute approximate surface area is 116 Å². The smallest absolute Gasteiger partial charge is 0.134 e. The van der Waals surface area contributed by atoms with Gasteiger partial charge in [-0.05, 0) is 42.9 Å². The molecule has 1 unspecified atom stereocenters. The zero-order valence-corrected chi connectivity index (χ0v) is 11.1. The first-order chi connectivity index (χ1) is 9.78. The summed E-state index contributed by atoms with van der Waals surface area (Å²) in [6, 6.07) is 12.0. The Balaban J connectivity index is 2.05. The molecular formula is C16H15FN2O. The van der Waals surface area contributed by atoms with Gasteiger partial charge in [-0.1, -0.05) is 13.0 Å². The molecular weight excluding hydrogens is 255 g/mol. The van der Waals surface area contributed by atoms with E-state index in [4.69, 9.17) is 4.42 Å². The van der Waals surface area contributed by atoms with Crippen LogP contribution in [-0.2, 0) is 0 Å². The molecule has 2 heterocycles. The number of nitrogens with zero attached hydrogens (tertiary/aromatic N) is 1. The van der Waals surface area contributed by atoms with E-state index in [9.17, 15) is 4.39 Å². The molecule has 0 saturated carbocycles. The zero-order valence-electron chi connectivity index (χ0n) is 11.1. The number of hydrogen-bond acceptors (Lipinski definition) is 3. The van der Waals surface area contributed by atoms with E-state index in [2.05, 4.69) is 10.3 Å². The van der Waals surface area contributed by atoms with Crippen molar-refractivity contribution in [3.63, 3.8) is 0 Å². The van der Waals surface area contributed by atoms with Crippen molar-refractivity contribution in [1.82, 2.24) is 10.3 Å².